The highest BCUT2D eigenvalue weighted by atomic mass is 16.4. The van der Waals surface area contributed by atoms with Gasteiger partial charge in [0.25, 0.3) is 0 Å². The fraction of sp³-hybridized carbons (Fsp3) is 0.917. The molecule has 0 radical (unpaired) electrons. The van der Waals surface area contributed by atoms with Crippen molar-refractivity contribution < 1.29 is 9.90 Å². The van der Waals surface area contributed by atoms with Crippen LogP contribution in [-0.2, 0) is 4.79 Å². The molecule has 0 saturated carbocycles. The first-order valence-corrected chi connectivity index (χ1v) is 6.28. The molecular formula is C12H24N2O2. The smallest absolute Gasteiger partial charge is 0.322 e. The topological polar surface area (TPSA) is 52.6 Å². The normalized spacial score (nSPS) is 28.9. The summed E-state index contributed by atoms with van der Waals surface area (Å²) >= 11 is 0. The molecule has 4 nitrogen and oxygen atoms in total. The molecular weight excluding hydrogens is 204 g/mol. The highest BCUT2D eigenvalue weighted by Crippen LogP contribution is 2.22. The summed E-state index contributed by atoms with van der Waals surface area (Å²) in [6.07, 6.45) is 3.63. The maximum atomic E-state index is 11.1. The Labute approximate surface area is 98.0 Å². The van der Waals surface area contributed by atoms with Crippen molar-refractivity contribution in [2.45, 2.75) is 58.2 Å². The molecule has 2 N–H and O–H groups in total. The van der Waals surface area contributed by atoms with Gasteiger partial charge in [0.05, 0.1) is 0 Å². The van der Waals surface area contributed by atoms with E-state index in [2.05, 4.69) is 24.1 Å². The van der Waals surface area contributed by atoms with Crippen LogP contribution in [0, 0.1) is 0 Å². The second-order valence-corrected chi connectivity index (χ2v) is 4.77. The van der Waals surface area contributed by atoms with E-state index in [0.29, 0.717) is 25.2 Å². The number of likely N-dealkylation sites (tertiary alicyclic amines) is 1. The lowest BCUT2D eigenvalue weighted by Gasteiger charge is -2.40. The molecule has 16 heavy (non-hydrogen) atoms. The van der Waals surface area contributed by atoms with Gasteiger partial charge in [0.15, 0.2) is 0 Å². The highest BCUT2D eigenvalue weighted by Gasteiger charge is 2.29. The van der Waals surface area contributed by atoms with E-state index in [1.807, 2.05) is 6.92 Å². The summed E-state index contributed by atoms with van der Waals surface area (Å²) in [5.41, 5.74) is 0. The van der Waals surface area contributed by atoms with E-state index in [1.54, 1.807) is 0 Å². The fourth-order valence-corrected chi connectivity index (χ4v) is 2.52. The molecule has 1 aliphatic rings. The minimum atomic E-state index is -0.744. The SMILES string of the molecule is CCNC(CN1[C@H](C)CCC[C@@H]1C)C(=O)O. The molecule has 0 spiro atoms. The summed E-state index contributed by atoms with van der Waals surface area (Å²) in [6, 6.07) is 0.571. The maximum Gasteiger partial charge on any atom is 0.322 e. The van der Waals surface area contributed by atoms with Gasteiger partial charge in [-0.15, -0.1) is 0 Å². The number of nitrogens with one attached hydrogen (secondary N) is 1. The van der Waals surface area contributed by atoms with Crippen LogP contribution in [0.2, 0.25) is 0 Å². The lowest BCUT2D eigenvalue weighted by molar-refractivity contribution is -0.140. The third-order valence-corrected chi connectivity index (χ3v) is 3.52. The van der Waals surface area contributed by atoms with E-state index in [0.717, 1.165) is 0 Å². The first-order valence-electron chi connectivity index (χ1n) is 6.28. The van der Waals surface area contributed by atoms with Crippen molar-refractivity contribution in [3.05, 3.63) is 0 Å². The van der Waals surface area contributed by atoms with Crippen molar-refractivity contribution in [3.8, 4) is 0 Å². The molecule has 0 aromatic heterocycles. The first-order chi connectivity index (χ1) is 7.56. The van der Waals surface area contributed by atoms with Gasteiger partial charge >= 0.3 is 5.97 Å². The van der Waals surface area contributed by atoms with Crippen LogP contribution in [0.1, 0.15) is 40.0 Å². The number of carboxylic acids is 1. The second-order valence-electron chi connectivity index (χ2n) is 4.77. The van der Waals surface area contributed by atoms with Gasteiger partial charge in [-0.3, -0.25) is 9.69 Å². The number of carboxylic acid groups (broad SMARTS) is 1. The van der Waals surface area contributed by atoms with Crippen LogP contribution in [0.25, 0.3) is 0 Å². The molecule has 0 amide bonds. The van der Waals surface area contributed by atoms with Crippen LogP contribution in [0.3, 0.4) is 0 Å². The van der Waals surface area contributed by atoms with Gasteiger partial charge in [0, 0.05) is 18.6 Å². The summed E-state index contributed by atoms with van der Waals surface area (Å²) in [7, 11) is 0. The molecule has 3 atom stereocenters. The minimum absolute atomic E-state index is 0.437. The monoisotopic (exact) mass is 228 g/mol. The van der Waals surface area contributed by atoms with Crippen molar-refractivity contribution >= 4 is 5.97 Å². The summed E-state index contributed by atoms with van der Waals surface area (Å²) in [4.78, 5) is 13.4. The van der Waals surface area contributed by atoms with Crippen molar-refractivity contribution in [3.63, 3.8) is 0 Å². The van der Waals surface area contributed by atoms with Crippen molar-refractivity contribution in [2.24, 2.45) is 0 Å². The van der Waals surface area contributed by atoms with Gasteiger partial charge in [-0.2, -0.15) is 0 Å². The molecule has 0 bridgehead atoms. The van der Waals surface area contributed by atoms with Gasteiger partial charge in [-0.05, 0) is 33.2 Å². The zero-order chi connectivity index (χ0) is 12.1. The van der Waals surface area contributed by atoms with E-state index in [4.69, 9.17) is 5.11 Å². The molecule has 1 rings (SSSR count). The molecule has 1 saturated heterocycles. The summed E-state index contributed by atoms with van der Waals surface area (Å²) < 4.78 is 0. The zero-order valence-electron chi connectivity index (χ0n) is 10.6. The van der Waals surface area contributed by atoms with E-state index < -0.39 is 12.0 Å². The Kier molecular flexibility index (Phi) is 5.22. The Bertz CT molecular complexity index is 223. The lowest BCUT2D eigenvalue weighted by Crippen LogP contribution is -2.52. The fourth-order valence-electron chi connectivity index (χ4n) is 2.52. The first kappa shape index (κ1) is 13.5. The molecule has 94 valence electrons. The van der Waals surface area contributed by atoms with E-state index in [-0.39, 0.29) is 0 Å². The van der Waals surface area contributed by atoms with Gasteiger partial charge in [0.1, 0.15) is 6.04 Å². The molecule has 0 aromatic carbocycles. The average molecular weight is 228 g/mol. The Morgan fingerprint density at radius 2 is 2.00 bits per heavy atom. The van der Waals surface area contributed by atoms with E-state index >= 15 is 0 Å². The summed E-state index contributed by atoms with van der Waals surface area (Å²) in [5, 5.41) is 12.1. The Morgan fingerprint density at radius 1 is 1.44 bits per heavy atom. The van der Waals surface area contributed by atoms with Crippen LogP contribution in [0.5, 0.6) is 0 Å². The Balaban J connectivity index is 2.57. The largest absolute Gasteiger partial charge is 0.480 e. The van der Waals surface area contributed by atoms with Crippen molar-refractivity contribution in [1.29, 1.82) is 0 Å². The molecule has 1 aliphatic heterocycles. The quantitative estimate of drug-likeness (QED) is 0.745. The molecule has 0 aromatic rings. The molecule has 0 aliphatic carbocycles. The van der Waals surface area contributed by atoms with Crippen LogP contribution in [-0.4, -0.2) is 47.2 Å². The molecule has 1 fully saturated rings. The molecule has 1 unspecified atom stereocenters. The number of hydrogen-bond donors (Lipinski definition) is 2. The van der Waals surface area contributed by atoms with Crippen LogP contribution < -0.4 is 5.32 Å². The van der Waals surface area contributed by atoms with E-state index in [1.165, 1.54) is 19.3 Å². The van der Waals surface area contributed by atoms with E-state index in [9.17, 15) is 4.79 Å². The van der Waals surface area contributed by atoms with Gasteiger partial charge < -0.3 is 10.4 Å². The predicted octanol–water partition coefficient (Wildman–Crippen LogP) is 1.31. The number of nitrogens with zero attached hydrogens (tertiary/aromatic N) is 1. The predicted molar refractivity (Wildman–Crippen MR) is 64.6 cm³/mol. The van der Waals surface area contributed by atoms with Crippen LogP contribution in [0.4, 0.5) is 0 Å². The minimum Gasteiger partial charge on any atom is -0.480 e. The van der Waals surface area contributed by atoms with Gasteiger partial charge in [0.2, 0.25) is 0 Å². The standard InChI is InChI=1S/C12H24N2O2/c1-4-13-11(12(15)16)8-14-9(2)6-5-7-10(14)3/h9-11,13H,4-8H2,1-3H3,(H,15,16)/t9-,10+,11?. The third-order valence-electron chi connectivity index (χ3n) is 3.52. The van der Waals surface area contributed by atoms with Crippen LogP contribution >= 0.6 is 0 Å². The number of rotatable bonds is 5. The van der Waals surface area contributed by atoms with Crippen LogP contribution in [0.15, 0.2) is 0 Å². The Morgan fingerprint density at radius 3 is 2.44 bits per heavy atom. The van der Waals surface area contributed by atoms with Gasteiger partial charge in [-0.25, -0.2) is 0 Å². The highest BCUT2D eigenvalue weighted by molar-refractivity contribution is 5.73. The third kappa shape index (κ3) is 3.46. The number of carbonyl (C=O) groups is 1. The summed E-state index contributed by atoms with van der Waals surface area (Å²) in [6.45, 7) is 7.65. The number of hydrogen-bond acceptors (Lipinski definition) is 3. The molecule has 1 heterocycles. The Hall–Kier alpha value is -0.610. The number of aliphatic carboxylic acids is 1. The summed E-state index contributed by atoms with van der Waals surface area (Å²) in [5.74, 6) is -0.744. The second kappa shape index (κ2) is 6.21. The lowest BCUT2D eigenvalue weighted by atomic mass is 9.97. The average Bonchev–Trinajstić information content (AvgIpc) is 2.21. The van der Waals surface area contributed by atoms with Crippen molar-refractivity contribution in [1.82, 2.24) is 10.2 Å². The number of likely N-dealkylation sites (N-methyl/N-ethyl adjacent to an activating group) is 1. The molecule has 4 heteroatoms. The van der Waals surface area contributed by atoms with Gasteiger partial charge in [-0.1, -0.05) is 13.3 Å². The maximum absolute atomic E-state index is 11.1. The number of piperidine rings is 1. The van der Waals surface area contributed by atoms with Crippen molar-refractivity contribution in [2.75, 3.05) is 13.1 Å². The zero-order valence-corrected chi connectivity index (χ0v) is 10.6.